The van der Waals surface area contributed by atoms with Crippen molar-refractivity contribution >= 4 is 11.8 Å². The standard InChI is InChI=1S/C16H23N3O2/c1-13(20)18-9-6-10-19(12-11-18)15(21)16(2,17)14-7-4-3-5-8-14/h3-5,7-8H,6,9-12,17H2,1-2H3. The zero-order valence-electron chi connectivity index (χ0n) is 12.7. The van der Waals surface area contributed by atoms with Gasteiger partial charge in [-0.1, -0.05) is 30.3 Å². The molecule has 0 aromatic heterocycles. The molecule has 2 rings (SSSR count). The lowest BCUT2D eigenvalue weighted by atomic mass is 9.91. The maximum Gasteiger partial charge on any atom is 0.247 e. The van der Waals surface area contributed by atoms with Gasteiger partial charge in [-0.2, -0.15) is 0 Å². The van der Waals surface area contributed by atoms with Crippen LogP contribution in [0.25, 0.3) is 0 Å². The highest BCUT2D eigenvalue weighted by molar-refractivity contribution is 5.87. The molecule has 1 aliphatic rings. The molecule has 5 heteroatoms. The number of hydrogen-bond acceptors (Lipinski definition) is 3. The monoisotopic (exact) mass is 289 g/mol. The molecule has 1 aromatic carbocycles. The number of rotatable bonds is 2. The van der Waals surface area contributed by atoms with Gasteiger partial charge in [-0.25, -0.2) is 0 Å². The average molecular weight is 289 g/mol. The van der Waals surface area contributed by atoms with Crippen molar-refractivity contribution in [1.29, 1.82) is 0 Å². The van der Waals surface area contributed by atoms with Gasteiger partial charge >= 0.3 is 0 Å². The molecule has 2 amide bonds. The highest BCUT2D eigenvalue weighted by Crippen LogP contribution is 2.21. The van der Waals surface area contributed by atoms with Gasteiger partial charge < -0.3 is 15.5 Å². The zero-order valence-corrected chi connectivity index (χ0v) is 12.7. The fourth-order valence-electron chi connectivity index (χ4n) is 2.67. The predicted octanol–water partition coefficient (Wildman–Crippen LogP) is 0.941. The van der Waals surface area contributed by atoms with Gasteiger partial charge in [0.15, 0.2) is 0 Å². The summed E-state index contributed by atoms with van der Waals surface area (Å²) in [6.07, 6.45) is 0.788. The van der Waals surface area contributed by atoms with E-state index in [1.165, 1.54) is 0 Å². The molecule has 1 aliphatic heterocycles. The highest BCUT2D eigenvalue weighted by Gasteiger charge is 2.35. The molecule has 0 radical (unpaired) electrons. The molecule has 21 heavy (non-hydrogen) atoms. The Morgan fingerprint density at radius 2 is 1.62 bits per heavy atom. The molecule has 1 heterocycles. The van der Waals surface area contributed by atoms with Gasteiger partial charge in [0, 0.05) is 33.1 Å². The van der Waals surface area contributed by atoms with Crippen molar-refractivity contribution < 1.29 is 9.59 Å². The van der Waals surface area contributed by atoms with E-state index in [4.69, 9.17) is 5.73 Å². The number of carbonyl (C=O) groups is 2. The minimum absolute atomic E-state index is 0.0582. The minimum Gasteiger partial charge on any atom is -0.341 e. The van der Waals surface area contributed by atoms with Crippen molar-refractivity contribution in [3.8, 4) is 0 Å². The summed E-state index contributed by atoms with van der Waals surface area (Å²) in [4.78, 5) is 27.7. The van der Waals surface area contributed by atoms with E-state index in [0.29, 0.717) is 26.2 Å². The largest absolute Gasteiger partial charge is 0.341 e. The van der Waals surface area contributed by atoms with E-state index in [1.807, 2.05) is 30.3 Å². The van der Waals surface area contributed by atoms with Crippen LogP contribution < -0.4 is 5.73 Å². The van der Waals surface area contributed by atoms with E-state index in [-0.39, 0.29) is 11.8 Å². The van der Waals surface area contributed by atoms with E-state index in [2.05, 4.69) is 0 Å². The summed E-state index contributed by atoms with van der Waals surface area (Å²) in [5, 5.41) is 0. The van der Waals surface area contributed by atoms with Crippen molar-refractivity contribution in [1.82, 2.24) is 9.80 Å². The Labute approximate surface area is 125 Å². The van der Waals surface area contributed by atoms with Crippen LogP contribution in [0.2, 0.25) is 0 Å². The SMILES string of the molecule is CC(=O)N1CCCN(C(=O)C(C)(N)c2ccccc2)CC1. The zero-order chi connectivity index (χ0) is 15.5. The fraction of sp³-hybridized carbons (Fsp3) is 0.500. The summed E-state index contributed by atoms with van der Waals surface area (Å²) in [6, 6.07) is 9.41. The number of benzene rings is 1. The Bertz CT molecular complexity index is 514. The Morgan fingerprint density at radius 3 is 2.24 bits per heavy atom. The van der Waals surface area contributed by atoms with E-state index in [1.54, 1.807) is 23.6 Å². The molecule has 2 N–H and O–H groups in total. The molecule has 1 aromatic rings. The molecule has 0 saturated carbocycles. The molecular formula is C16H23N3O2. The number of nitrogens with two attached hydrogens (primary N) is 1. The van der Waals surface area contributed by atoms with Gasteiger partial charge in [-0.05, 0) is 18.9 Å². The lowest BCUT2D eigenvalue weighted by Crippen LogP contribution is -2.51. The third-order valence-electron chi connectivity index (χ3n) is 4.05. The Hall–Kier alpha value is -1.88. The van der Waals surface area contributed by atoms with E-state index in [9.17, 15) is 9.59 Å². The lowest BCUT2D eigenvalue weighted by Gasteiger charge is -2.31. The summed E-state index contributed by atoms with van der Waals surface area (Å²) < 4.78 is 0. The van der Waals surface area contributed by atoms with Gasteiger partial charge in [0.2, 0.25) is 11.8 Å². The third kappa shape index (κ3) is 3.42. The molecule has 1 saturated heterocycles. The summed E-state index contributed by atoms with van der Waals surface area (Å²) in [5.74, 6) is -0.0260. The van der Waals surface area contributed by atoms with Crippen LogP contribution in [0.15, 0.2) is 30.3 Å². The first-order valence-electron chi connectivity index (χ1n) is 7.32. The second-order valence-corrected chi connectivity index (χ2v) is 5.72. The molecule has 0 bridgehead atoms. The van der Waals surface area contributed by atoms with Crippen molar-refractivity contribution in [2.75, 3.05) is 26.2 Å². The number of amides is 2. The fourth-order valence-corrected chi connectivity index (χ4v) is 2.67. The van der Waals surface area contributed by atoms with Crippen molar-refractivity contribution in [3.05, 3.63) is 35.9 Å². The van der Waals surface area contributed by atoms with Crippen LogP contribution in [0.5, 0.6) is 0 Å². The van der Waals surface area contributed by atoms with Crippen LogP contribution >= 0.6 is 0 Å². The van der Waals surface area contributed by atoms with Crippen molar-refractivity contribution in [3.63, 3.8) is 0 Å². The first-order chi connectivity index (χ1) is 9.93. The number of nitrogens with zero attached hydrogens (tertiary/aromatic N) is 2. The average Bonchev–Trinajstić information content (AvgIpc) is 2.73. The van der Waals surface area contributed by atoms with E-state index < -0.39 is 5.54 Å². The Kier molecular flexibility index (Phi) is 4.63. The van der Waals surface area contributed by atoms with Crippen LogP contribution in [0.1, 0.15) is 25.8 Å². The molecule has 0 aliphatic carbocycles. The first kappa shape index (κ1) is 15.5. The topological polar surface area (TPSA) is 66.6 Å². The molecule has 5 nitrogen and oxygen atoms in total. The molecule has 1 unspecified atom stereocenters. The lowest BCUT2D eigenvalue weighted by molar-refractivity contribution is -0.137. The number of hydrogen-bond donors (Lipinski definition) is 1. The van der Waals surface area contributed by atoms with Crippen LogP contribution in [-0.4, -0.2) is 47.8 Å². The van der Waals surface area contributed by atoms with Crippen molar-refractivity contribution in [2.24, 2.45) is 5.73 Å². The van der Waals surface area contributed by atoms with Gasteiger partial charge in [-0.3, -0.25) is 9.59 Å². The van der Waals surface area contributed by atoms with Gasteiger partial charge in [-0.15, -0.1) is 0 Å². The van der Waals surface area contributed by atoms with Gasteiger partial charge in [0.25, 0.3) is 0 Å². The quantitative estimate of drug-likeness (QED) is 0.881. The molecule has 1 atom stereocenters. The second-order valence-electron chi connectivity index (χ2n) is 5.72. The van der Waals surface area contributed by atoms with Crippen LogP contribution in [0.4, 0.5) is 0 Å². The van der Waals surface area contributed by atoms with Gasteiger partial charge in [0.1, 0.15) is 5.54 Å². The van der Waals surface area contributed by atoms with Gasteiger partial charge in [0.05, 0.1) is 0 Å². The number of carbonyl (C=O) groups excluding carboxylic acids is 2. The summed E-state index contributed by atoms with van der Waals surface area (Å²) >= 11 is 0. The summed E-state index contributed by atoms with van der Waals surface area (Å²) in [5.41, 5.74) is 6.06. The van der Waals surface area contributed by atoms with E-state index >= 15 is 0 Å². The second kappa shape index (κ2) is 6.26. The minimum atomic E-state index is -1.04. The van der Waals surface area contributed by atoms with Crippen LogP contribution in [-0.2, 0) is 15.1 Å². The highest BCUT2D eigenvalue weighted by atomic mass is 16.2. The predicted molar refractivity (Wildman–Crippen MR) is 81.4 cm³/mol. The van der Waals surface area contributed by atoms with Crippen LogP contribution in [0, 0.1) is 0 Å². The smallest absolute Gasteiger partial charge is 0.247 e. The third-order valence-corrected chi connectivity index (χ3v) is 4.05. The van der Waals surface area contributed by atoms with E-state index in [0.717, 1.165) is 12.0 Å². The Balaban J connectivity index is 2.11. The van der Waals surface area contributed by atoms with Crippen LogP contribution in [0.3, 0.4) is 0 Å². The molecule has 1 fully saturated rings. The maximum absolute atomic E-state index is 12.7. The first-order valence-corrected chi connectivity index (χ1v) is 7.32. The summed E-state index contributed by atoms with van der Waals surface area (Å²) in [7, 11) is 0. The molecule has 114 valence electrons. The van der Waals surface area contributed by atoms with Crippen molar-refractivity contribution in [2.45, 2.75) is 25.8 Å². The molecular weight excluding hydrogens is 266 g/mol. The summed E-state index contributed by atoms with van der Waals surface area (Å²) in [6.45, 7) is 5.77. The Morgan fingerprint density at radius 1 is 1.05 bits per heavy atom. The normalized spacial score (nSPS) is 18.8. The maximum atomic E-state index is 12.7. The molecule has 0 spiro atoms.